The van der Waals surface area contributed by atoms with Crippen LogP contribution >= 0.6 is 11.6 Å². The monoisotopic (exact) mass is 583 g/mol. The summed E-state index contributed by atoms with van der Waals surface area (Å²) in [6.07, 6.45) is 1.25. The fourth-order valence-corrected chi connectivity index (χ4v) is 5.87. The first-order valence-electron chi connectivity index (χ1n) is 13.4. The summed E-state index contributed by atoms with van der Waals surface area (Å²) in [6, 6.07) is 20.2. The highest BCUT2D eigenvalue weighted by atomic mass is 35.5. The van der Waals surface area contributed by atoms with Gasteiger partial charge in [-0.3, -0.25) is 13.9 Å². The van der Waals surface area contributed by atoms with E-state index in [9.17, 15) is 18.0 Å². The van der Waals surface area contributed by atoms with Gasteiger partial charge in [0, 0.05) is 17.6 Å². The van der Waals surface area contributed by atoms with Crippen molar-refractivity contribution in [3.05, 3.63) is 94.5 Å². The molecule has 0 saturated heterocycles. The average Bonchev–Trinajstić information content (AvgIpc) is 2.93. The molecule has 0 aromatic heterocycles. The van der Waals surface area contributed by atoms with Crippen molar-refractivity contribution in [1.82, 2.24) is 10.2 Å². The third-order valence-corrected chi connectivity index (χ3v) is 8.99. The standard InChI is InChI=1S/C31H38ClN3O4S/c1-6-24(4)33-31(37)25(5)34(19-18-26-10-8-7-9-11-26)30(36)21-35(29-20-27(32)15-14-23(29)3)40(38,39)28-16-12-22(2)13-17-28/h7-17,20,24-25H,6,18-19,21H2,1-5H3,(H,33,37)/t24-,25-/m0/s1. The van der Waals surface area contributed by atoms with Crippen molar-refractivity contribution >= 4 is 39.1 Å². The van der Waals surface area contributed by atoms with E-state index in [0.717, 1.165) is 21.9 Å². The minimum absolute atomic E-state index is 0.0590. The van der Waals surface area contributed by atoms with Crippen molar-refractivity contribution in [1.29, 1.82) is 0 Å². The number of sulfonamides is 1. The molecule has 0 aliphatic rings. The van der Waals surface area contributed by atoms with Crippen molar-refractivity contribution in [2.75, 3.05) is 17.4 Å². The van der Waals surface area contributed by atoms with E-state index in [2.05, 4.69) is 5.32 Å². The number of rotatable bonds is 12. The maximum atomic E-state index is 14.0. The summed E-state index contributed by atoms with van der Waals surface area (Å²) < 4.78 is 29.0. The number of halogens is 1. The summed E-state index contributed by atoms with van der Waals surface area (Å²) in [4.78, 5) is 28.6. The smallest absolute Gasteiger partial charge is 0.264 e. The van der Waals surface area contributed by atoms with Gasteiger partial charge in [0.15, 0.2) is 0 Å². The highest BCUT2D eigenvalue weighted by molar-refractivity contribution is 7.92. The maximum absolute atomic E-state index is 14.0. The van der Waals surface area contributed by atoms with Crippen LogP contribution in [0.5, 0.6) is 0 Å². The predicted molar refractivity (Wildman–Crippen MR) is 161 cm³/mol. The van der Waals surface area contributed by atoms with Crippen LogP contribution in [0.4, 0.5) is 5.69 Å². The van der Waals surface area contributed by atoms with Crippen LogP contribution in [0.1, 0.15) is 43.9 Å². The Morgan fingerprint density at radius 1 is 0.950 bits per heavy atom. The molecule has 1 N–H and O–H groups in total. The van der Waals surface area contributed by atoms with Gasteiger partial charge in [0.25, 0.3) is 10.0 Å². The molecular weight excluding hydrogens is 546 g/mol. The molecule has 0 radical (unpaired) electrons. The van der Waals surface area contributed by atoms with Crippen LogP contribution < -0.4 is 9.62 Å². The van der Waals surface area contributed by atoms with E-state index in [1.165, 1.54) is 17.0 Å². The number of anilines is 1. The number of amides is 2. The van der Waals surface area contributed by atoms with Gasteiger partial charge in [0.05, 0.1) is 10.6 Å². The van der Waals surface area contributed by atoms with Gasteiger partial charge >= 0.3 is 0 Å². The van der Waals surface area contributed by atoms with Crippen LogP contribution in [0.25, 0.3) is 0 Å². The third kappa shape index (κ3) is 7.86. The molecule has 40 heavy (non-hydrogen) atoms. The molecule has 9 heteroatoms. The number of benzene rings is 3. The van der Waals surface area contributed by atoms with Crippen molar-refractivity contribution < 1.29 is 18.0 Å². The fraction of sp³-hybridized carbons (Fsp3) is 0.355. The van der Waals surface area contributed by atoms with Gasteiger partial charge in [-0.2, -0.15) is 0 Å². The van der Waals surface area contributed by atoms with E-state index in [1.54, 1.807) is 44.2 Å². The molecule has 0 unspecified atom stereocenters. The summed E-state index contributed by atoms with van der Waals surface area (Å²) in [5.41, 5.74) is 2.87. The summed E-state index contributed by atoms with van der Waals surface area (Å²) in [7, 11) is -4.15. The number of hydrogen-bond donors (Lipinski definition) is 1. The van der Waals surface area contributed by atoms with Crippen molar-refractivity contribution in [3.63, 3.8) is 0 Å². The molecule has 2 amide bonds. The zero-order valence-electron chi connectivity index (χ0n) is 23.7. The Kier molecular flexibility index (Phi) is 10.8. The van der Waals surface area contributed by atoms with Crippen LogP contribution in [0.2, 0.25) is 5.02 Å². The number of hydrogen-bond acceptors (Lipinski definition) is 4. The number of nitrogens with one attached hydrogen (secondary N) is 1. The summed E-state index contributed by atoms with van der Waals surface area (Å²) in [5.74, 6) is -0.777. The molecule has 0 fully saturated rings. The molecule has 0 spiro atoms. The second-order valence-electron chi connectivity index (χ2n) is 10.1. The summed E-state index contributed by atoms with van der Waals surface area (Å²) in [6.45, 7) is 8.92. The predicted octanol–water partition coefficient (Wildman–Crippen LogP) is 5.53. The Balaban J connectivity index is 2.01. The molecule has 214 valence electrons. The Hall–Kier alpha value is -3.36. The first-order chi connectivity index (χ1) is 18.9. The largest absolute Gasteiger partial charge is 0.352 e. The zero-order chi connectivity index (χ0) is 29.4. The van der Waals surface area contributed by atoms with Gasteiger partial charge in [-0.25, -0.2) is 8.42 Å². The number of nitrogens with zero attached hydrogens (tertiary/aromatic N) is 2. The molecule has 0 aliphatic heterocycles. The molecule has 0 saturated carbocycles. The third-order valence-electron chi connectivity index (χ3n) is 6.98. The average molecular weight is 584 g/mol. The Morgan fingerprint density at radius 2 is 1.60 bits per heavy atom. The van der Waals surface area contributed by atoms with E-state index < -0.39 is 28.5 Å². The number of aryl methyl sites for hydroxylation is 2. The number of carbonyl (C=O) groups is 2. The molecule has 2 atom stereocenters. The van der Waals surface area contributed by atoms with Crippen LogP contribution in [0, 0.1) is 13.8 Å². The molecule has 0 aliphatic carbocycles. The van der Waals surface area contributed by atoms with Crippen LogP contribution in [0.15, 0.2) is 77.7 Å². The van der Waals surface area contributed by atoms with Gasteiger partial charge in [0.2, 0.25) is 11.8 Å². The second kappa shape index (κ2) is 13.8. The van der Waals surface area contributed by atoms with E-state index in [0.29, 0.717) is 22.7 Å². The molecule has 7 nitrogen and oxygen atoms in total. The first-order valence-corrected chi connectivity index (χ1v) is 15.2. The van der Waals surface area contributed by atoms with E-state index in [-0.39, 0.29) is 23.4 Å². The van der Waals surface area contributed by atoms with Crippen LogP contribution in [-0.4, -0.2) is 50.3 Å². The fourth-order valence-electron chi connectivity index (χ4n) is 4.24. The minimum atomic E-state index is -4.15. The van der Waals surface area contributed by atoms with Crippen molar-refractivity contribution in [2.45, 2.75) is 64.4 Å². The molecule has 3 aromatic rings. The SMILES string of the molecule is CC[C@H](C)NC(=O)[C@H](C)N(CCc1ccccc1)C(=O)CN(c1cc(Cl)ccc1C)S(=O)(=O)c1ccc(C)cc1. The number of carbonyl (C=O) groups excluding carboxylic acids is 2. The lowest BCUT2D eigenvalue weighted by molar-refractivity contribution is -0.139. The van der Waals surface area contributed by atoms with Crippen LogP contribution in [0.3, 0.4) is 0 Å². The Labute approximate surface area is 243 Å². The Morgan fingerprint density at radius 3 is 2.23 bits per heavy atom. The first kappa shape index (κ1) is 31.2. The molecule has 0 heterocycles. The van der Waals surface area contributed by atoms with E-state index in [1.807, 2.05) is 51.1 Å². The lowest BCUT2D eigenvalue weighted by atomic mass is 10.1. The minimum Gasteiger partial charge on any atom is -0.352 e. The molecule has 0 bridgehead atoms. The second-order valence-corrected chi connectivity index (χ2v) is 12.4. The van der Waals surface area contributed by atoms with Gasteiger partial charge in [-0.1, -0.05) is 72.6 Å². The maximum Gasteiger partial charge on any atom is 0.264 e. The Bertz CT molecular complexity index is 1410. The van der Waals surface area contributed by atoms with Gasteiger partial charge < -0.3 is 10.2 Å². The quantitative estimate of drug-likeness (QED) is 0.304. The van der Waals surface area contributed by atoms with Crippen LogP contribution in [-0.2, 0) is 26.0 Å². The lowest BCUT2D eigenvalue weighted by Gasteiger charge is -2.33. The molecule has 3 aromatic carbocycles. The van der Waals surface area contributed by atoms with Gasteiger partial charge in [-0.05, 0) is 75.9 Å². The zero-order valence-corrected chi connectivity index (χ0v) is 25.3. The summed E-state index contributed by atoms with van der Waals surface area (Å²) >= 11 is 6.28. The normalized spacial score (nSPS) is 12.8. The summed E-state index contributed by atoms with van der Waals surface area (Å²) in [5, 5.41) is 3.29. The molecular formula is C31H38ClN3O4S. The highest BCUT2D eigenvalue weighted by Crippen LogP contribution is 2.30. The topological polar surface area (TPSA) is 86.8 Å². The highest BCUT2D eigenvalue weighted by Gasteiger charge is 2.33. The van der Waals surface area contributed by atoms with Crippen molar-refractivity contribution in [2.24, 2.45) is 0 Å². The molecule has 3 rings (SSSR count). The van der Waals surface area contributed by atoms with Crippen molar-refractivity contribution in [3.8, 4) is 0 Å². The lowest BCUT2D eigenvalue weighted by Crippen LogP contribution is -2.53. The van der Waals surface area contributed by atoms with Gasteiger partial charge in [-0.15, -0.1) is 0 Å². The van der Waals surface area contributed by atoms with E-state index >= 15 is 0 Å². The van der Waals surface area contributed by atoms with Gasteiger partial charge in [0.1, 0.15) is 12.6 Å². The van der Waals surface area contributed by atoms with E-state index in [4.69, 9.17) is 11.6 Å².